The van der Waals surface area contributed by atoms with E-state index in [1.54, 1.807) is 24.3 Å². The Morgan fingerprint density at radius 2 is 1.74 bits per heavy atom. The summed E-state index contributed by atoms with van der Waals surface area (Å²) in [6.45, 7) is 1.99. The number of halogens is 3. The molecule has 0 bridgehead atoms. The molecule has 4 heteroatoms. The molecule has 2 aromatic carbocycles. The van der Waals surface area contributed by atoms with Crippen LogP contribution in [0.3, 0.4) is 0 Å². The minimum atomic E-state index is -0.871. The second-order valence-corrected chi connectivity index (χ2v) is 4.95. The predicted molar refractivity (Wildman–Crippen MR) is 73.3 cm³/mol. The van der Waals surface area contributed by atoms with Crippen LogP contribution in [0.2, 0.25) is 0 Å². The Labute approximate surface area is 118 Å². The lowest BCUT2D eigenvalue weighted by molar-refractivity contribution is 0.103. The van der Waals surface area contributed by atoms with E-state index in [1.807, 2.05) is 6.92 Å². The molecular formula is C15H11BrF2O. The summed E-state index contributed by atoms with van der Waals surface area (Å²) in [5.74, 6) is -2.38. The number of hydrogen-bond donors (Lipinski definition) is 0. The minimum absolute atomic E-state index is 0.0717. The van der Waals surface area contributed by atoms with Crippen LogP contribution in [-0.2, 0) is 6.42 Å². The maximum Gasteiger partial charge on any atom is 0.198 e. The van der Waals surface area contributed by atoms with Crippen molar-refractivity contribution in [2.45, 2.75) is 13.3 Å². The van der Waals surface area contributed by atoms with Gasteiger partial charge in [-0.25, -0.2) is 8.78 Å². The van der Waals surface area contributed by atoms with E-state index in [1.165, 1.54) is 6.07 Å². The highest BCUT2D eigenvalue weighted by molar-refractivity contribution is 9.10. The quantitative estimate of drug-likeness (QED) is 0.599. The molecule has 2 aromatic rings. The van der Waals surface area contributed by atoms with Crippen LogP contribution in [0.25, 0.3) is 0 Å². The predicted octanol–water partition coefficient (Wildman–Crippen LogP) is 4.52. The number of carbonyl (C=O) groups is 1. The molecule has 0 N–H and O–H groups in total. The number of aryl methyl sites for hydroxylation is 1. The molecular weight excluding hydrogens is 314 g/mol. The first kappa shape index (κ1) is 13.9. The van der Waals surface area contributed by atoms with Gasteiger partial charge < -0.3 is 0 Å². The van der Waals surface area contributed by atoms with Crippen LogP contribution < -0.4 is 0 Å². The first-order valence-electron chi connectivity index (χ1n) is 5.81. The van der Waals surface area contributed by atoms with Gasteiger partial charge in [0.1, 0.15) is 5.82 Å². The first-order chi connectivity index (χ1) is 9.04. The Balaban J connectivity index is 2.46. The summed E-state index contributed by atoms with van der Waals surface area (Å²) in [7, 11) is 0. The summed E-state index contributed by atoms with van der Waals surface area (Å²) in [4.78, 5) is 12.1. The molecule has 0 spiro atoms. The molecule has 0 radical (unpaired) electrons. The number of hydrogen-bond acceptors (Lipinski definition) is 1. The molecule has 0 aliphatic heterocycles. The Morgan fingerprint density at radius 1 is 1.11 bits per heavy atom. The fraction of sp³-hybridized carbons (Fsp3) is 0.133. The molecule has 0 fully saturated rings. The van der Waals surface area contributed by atoms with E-state index in [4.69, 9.17) is 0 Å². The zero-order chi connectivity index (χ0) is 14.0. The van der Waals surface area contributed by atoms with Gasteiger partial charge in [0, 0.05) is 5.56 Å². The van der Waals surface area contributed by atoms with Crippen molar-refractivity contribution in [3.05, 3.63) is 69.2 Å². The summed E-state index contributed by atoms with van der Waals surface area (Å²) in [5, 5.41) is 0. The van der Waals surface area contributed by atoms with E-state index in [2.05, 4.69) is 15.9 Å². The molecule has 0 heterocycles. The molecule has 19 heavy (non-hydrogen) atoms. The van der Waals surface area contributed by atoms with Gasteiger partial charge in [0.2, 0.25) is 0 Å². The topological polar surface area (TPSA) is 17.1 Å². The Bertz CT molecular complexity index is 621. The highest BCUT2D eigenvalue weighted by Crippen LogP contribution is 2.24. The van der Waals surface area contributed by atoms with E-state index in [-0.39, 0.29) is 10.0 Å². The van der Waals surface area contributed by atoms with E-state index >= 15 is 0 Å². The van der Waals surface area contributed by atoms with Crippen molar-refractivity contribution in [3.63, 3.8) is 0 Å². The number of carbonyl (C=O) groups excluding carboxylic acids is 1. The lowest BCUT2D eigenvalue weighted by Gasteiger charge is -2.06. The van der Waals surface area contributed by atoms with Crippen LogP contribution in [0.15, 0.2) is 40.9 Å². The van der Waals surface area contributed by atoms with Gasteiger partial charge in [-0.15, -0.1) is 0 Å². The van der Waals surface area contributed by atoms with Gasteiger partial charge in [0.25, 0.3) is 0 Å². The van der Waals surface area contributed by atoms with Crippen LogP contribution in [0.4, 0.5) is 8.78 Å². The zero-order valence-electron chi connectivity index (χ0n) is 10.2. The van der Waals surface area contributed by atoms with Crippen molar-refractivity contribution in [1.82, 2.24) is 0 Å². The molecule has 0 saturated heterocycles. The molecule has 0 aromatic heterocycles. The van der Waals surface area contributed by atoms with Crippen molar-refractivity contribution in [1.29, 1.82) is 0 Å². The highest BCUT2D eigenvalue weighted by atomic mass is 79.9. The molecule has 2 rings (SSSR count). The van der Waals surface area contributed by atoms with Crippen LogP contribution in [-0.4, -0.2) is 5.78 Å². The summed E-state index contributed by atoms with van der Waals surface area (Å²) < 4.78 is 27.5. The van der Waals surface area contributed by atoms with Crippen molar-refractivity contribution in [3.8, 4) is 0 Å². The van der Waals surface area contributed by atoms with Crippen molar-refractivity contribution >= 4 is 21.7 Å². The Morgan fingerprint density at radius 3 is 2.32 bits per heavy atom. The van der Waals surface area contributed by atoms with Gasteiger partial charge in [0.05, 0.1) is 10.0 Å². The third kappa shape index (κ3) is 2.73. The lowest BCUT2D eigenvalue weighted by atomic mass is 10.0. The van der Waals surface area contributed by atoms with Crippen LogP contribution in [0.1, 0.15) is 28.4 Å². The molecule has 0 atom stereocenters. The van der Waals surface area contributed by atoms with Gasteiger partial charge in [-0.05, 0) is 40.0 Å². The molecule has 0 unspecified atom stereocenters. The third-order valence-electron chi connectivity index (χ3n) is 2.90. The van der Waals surface area contributed by atoms with E-state index in [0.717, 1.165) is 18.1 Å². The van der Waals surface area contributed by atoms with Crippen molar-refractivity contribution < 1.29 is 13.6 Å². The summed E-state index contributed by atoms with van der Waals surface area (Å²) in [6.07, 6.45) is 0.841. The Kier molecular flexibility index (Phi) is 4.10. The summed E-state index contributed by atoms with van der Waals surface area (Å²) >= 11 is 2.95. The smallest absolute Gasteiger partial charge is 0.198 e. The van der Waals surface area contributed by atoms with Gasteiger partial charge in [-0.3, -0.25) is 4.79 Å². The second-order valence-electron chi connectivity index (χ2n) is 4.10. The summed E-state index contributed by atoms with van der Waals surface area (Å²) in [6, 6.07) is 9.03. The maximum atomic E-state index is 13.8. The van der Waals surface area contributed by atoms with Crippen LogP contribution in [0.5, 0.6) is 0 Å². The first-order valence-corrected chi connectivity index (χ1v) is 6.61. The second kappa shape index (κ2) is 5.61. The number of benzene rings is 2. The standard InChI is InChI=1S/C15H11BrF2O/c1-2-9-3-5-10(6-4-9)15(19)13-12(17)8-7-11(16)14(13)18/h3-8H,2H2,1H3. The van der Waals surface area contributed by atoms with Gasteiger partial charge in [-0.2, -0.15) is 0 Å². The van der Waals surface area contributed by atoms with Crippen LogP contribution in [0, 0.1) is 11.6 Å². The summed E-state index contributed by atoms with van der Waals surface area (Å²) in [5.41, 5.74) is 0.804. The Hall–Kier alpha value is -1.55. The number of rotatable bonds is 3. The third-order valence-corrected chi connectivity index (χ3v) is 3.51. The monoisotopic (exact) mass is 324 g/mol. The lowest BCUT2D eigenvalue weighted by Crippen LogP contribution is -2.08. The van der Waals surface area contributed by atoms with Gasteiger partial charge in [0.15, 0.2) is 11.6 Å². The SMILES string of the molecule is CCc1ccc(C(=O)c2c(F)ccc(Br)c2F)cc1. The molecule has 0 saturated carbocycles. The fourth-order valence-electron chi connectivity index (χ4n) is 1.77. The molecule has 0 aliphatic rings. The van der Waals surface area contributed by atoms with E-state index < -0.39 is 23.0 Å². The van der Waals surface area contributed by atoms with E-state index in [0.29, 0.717) is 0 Å². The maximum absolute atomic E-state index is 13.8. The van der Waals surface area contributed by atoms with E-state index in [9.17, 15) is 13.6 Å². The van der Waals surface area contributed by atoms with Gasteiger partial charge in [-0.1, -0.05) is 31.2 Å². The van der Waals surface area contributed by atoms with Crippen molar-refractivity contribution in [2.24, 2.45) is 0 Å². The largest absolute Gasteiger partial charge is 0.288 e. The highest BCUT2D eigenvalue weighted by Gasteiger charge is 2.20. The normalized spacial score (nSPS) is 10.5. The minimum Gasteiger partial charge on any atom is -0.288 e. The zero-order valence-corrected chi connectivity index (χ0v) is 11.8. The average Bonchev–Trinajstić information content (AvgIpc) is 2.43. The molecule has 1 nitrogen and oxygen atoms in total. The average molecular weight is 325 g/mol. The molecule has 0 amide bonds. The molecule has 0 aliphatic carbocycles. The van der Waals surface area contributed by atoms with Crippen molar-refractivity contribution in [2.75, 3.05) is 0 Å². The van der Waals surface area contributed by atoms with Crippen LogP contribution >= 0.6 is 15.9 Å². The molecule has 98 valence electrons. The van der Waals surface area contributed by atoms with Gasteiger partial charge >= 0.3 is 0 Å². The fourth-order valence-corrected chi connectivity index (χ4v) is 2.10. The number of ketones is 1.